The summed E-state index contributed by atoms with van der Waals surface area (Å²) in [7, 11) is 0. The Morgan fingerprint density at radius 3 is 2.45 bits per heavy atom. The van der Waals surface area contributed by atoms with Crippen molar-refractivity contribution in [3.8, 4) is 0 Å². The number of halogens is 1. The topological polar surface area (TPSA) is 35.6 Å². The highest BCUT2D eigenvalue weighted by molar-refractivity contribution is 6.33. The summed E-state index contributed by atoms with van der Waals surface area (Å²) >= 11 is 6.31. The molecule has 4 nitrogen and oxygen atoms in total. The van der Waals surface area contributed by atoms with E-state index in [9.17, 15) is 4.79 Å². The van der Waals surface area contributed by atoms with Gasteiger partial charge in [-0.1, -0.05) is 66.2 Å². The summed E-state index contributed by atoms with van der Waals surface area (Å²) < 4.78 is 0. The van der Waals surface area contributed by atoms with Gasteiger partial charge in [-0.15, -0.1) is 0 Å². The quantitative estimate of drug-likeness (QED) is 0.676. The molecule has 1 heterocycles. The van der Waals surface area contributed by atoms with Crippen molar-refractivity contribution in [2.75, 3.05) is 37.6 Å². The molecule has 5 heteroatoms. The minimum Gasteiger partial charge on any atom is -0.367 e. The van der Waals surface area contributed by atoms with E-state index in [4.69, 9.17) is 11.6 Å². The van der Waals surface area contributed by atoms with E-state index in [0.717, 1.165) is 23.8 Å². The Labute approximate surface area is 177 Å². The zero-order valence-electron chi connectivity index (χ0n) is 16.6. The number of carbonyl (C=O) groups excluding carboxylic acids is 1. The van der Waals surface area contributed by atoms with Crippen molar-refractivity contribution in [3.05, 3.63) is 77.3 Å². The molecule has 1 saturated heterocycles. The maximum absolute atomic E-state index is 12.7. The molecule has 1 atom stereocenters. The van der Waals surface area contributed by atoms with Crippen LogP contribution in [0.4, 0.5) is 5.69 Å². The summed E-state index contributed by atoms with van der Waals surface area (Å²) in [6.07, 6.45) is 0. The number of fused-ring (bicyclic) bond motifs is 1. The Kier molecular flexibility index (Phi) is 6.02. The second-order valence-corrected chi connectivity index (χ2v) is 7.90. The third-order valence-corrected chi connectivity index (χ3v) is 5.99. The van der Waals surface area contributed by atoms with Crippen molar-refractivity contribution in [2.45, 2.75) is 13.0 Å². The molecule has 1 aliphatic rings. The number of benzene rings is 3. The van der Waals surface area contributed by atoms with Crippen LogP contribution in [0.5, 0.6) is 0 Å². The van der Waals surface area contributed by atoms with Gasteiger partial charge in [0, 0.05) is 32.2 Å². The molecule has 0 saturated carbocycles. The average molecular weight is 408 g/mol. The van der Waals surface area contributed by atoms with Gasteiger partial charge in [-0.25, -0.2) is 0 Å². The van der Waals surface area contributed by atoms with E-state index < -0.39 is 0 Å². The number of rotatable bonds is 5. The fourth-order valence-corrected chi connectivity index (χ4v) is 4.25. The van der Waals surface area contributed by atoms with Gasteiger partial charge in [-0.2, -0.15) is 0 Å². The van der Waals surface area contributed by atoms with Crippen LogP contribution < -0.4 is 10.2 Å². The van der Waals surface area contributed by atoms with Crippen LogP contribution in [0.1, 0.15) is 18.5 Å². The van der Waals surface area contributed by atoms with Crippen molar-refractivity contribution in [2.24, 2.45) is 0 Å². The van der Waals surface area contributed by atoms with Crippen LogP contribution in [-0.4, -0.2) is 43.5 Å². The van der Waals surface area contributed by atoms with Crippen LogP contribution in [0, 0.1) is 0 Å². The number of piperazine rings is 1. The van der Waals surface area contributed by atoms with Crippen LogP contribution in [0.2, 0.25) is 5.02 Å². The Bertz CT molecular complexity index is 993. The number of amides is 1. The van der Waals surface area contributed by atoms with E-state index in [0.29, 0.717) is 19.6 Å². The number of hydrogen-bond donors (Lipinski definition) is 1. The van der Waals surface area contributed by atoms with Crippen LogP contribution in [0.25, 0.3) is 10.8 Å². The zero-order valence-corrected chi connectivity index (χ0v) is 17.4. The van der Waals surface area contributed by atoms with Gasteiger partial charge in [0.2, 0.25) is 5.91 Å². The summed E-state index contributed by atoms with van der Waals surface area (Å²) in [5, 5.41) is 6.63. The van der Waals surface area contributed by atoms with Crippen LogP contribution in [-0.2, 0) is 4.79 Å². The summed E-state index contributed by atoms with van der Waals surface area (Å²) in [5.74, 6) is 0.149. The first-order valence-corrected chi connectivity index (χ1v) is 10.5. The Hall–Kier alpha value is -2.56. The van der Waals surface area contributed by atoms with Crippen molar-refractivity contribution in [3.63, 3.8) is 0 Å². The molecule has 0 radical (unpaired) electrons. The molecular weight excluding hydrogens is 382 g/mol. The summed E-state index contributed by atoms with van der Waals surface area (Å²) in [6, 6.07) is 22.7. The van der Waals surface area contributed by atoms with E-state index >= 15 is 0 Å². The van der Waals surface area contributed by atoms with Crippen molar-refractivity contribution in [1.29, 1.82) is 0 Å². The minimum absolute atomic E-state index is 0.106. The lowest BCUT2D eigenvalue weighted by atomic mass is 10.00. The van der Waals surface area contributed by atoms with Crippen LogP contribution >= 0.6 is 11.6 Å². The molecule has 3 aromatic carbocycles. The first-order valence-electron chi connectivity index (χ1n) is 10.1. The first kappa shape index (κ1) is 19.7. The van der Waals surface area contributed by atoms with E-state index in [1.54, 1.807) is 0 Å². The maximum atomic E-state index is 12.7. The van der Waals surface area contributed by atoms with Gasteiger partial charge in [-0.05, 0) is 35.4 Å². The van der Waals surface area contributed by atoms with Crippen molar-refractivity contribution < 1.29 is 4.79 Å². The number of nitrogens with zero attached hydrogens (tertiary/aromatic N) is 2. The Morgan fingerprint density at radius 1 is 0.966 bits per heavy atom. The molecule has 1 N–H and O–H groups in total. The number of para-hydroxylation sites is 1. The van der Waals surface area contributed by atoms with Gasteiger partial charge >= 0.3 is 0 Å². The number of hydrogen-bond acceptors (Lipinski definition) is 3. The van der Waals surface area contributed by atoms with Gasteiger partial charge in [0.15, 0.2) is 0 Å². The fraction of sp³-hybridized carbons (Fsp3) is 0.292. The first-order chi connectivity index (χ1) is 14.1. The molecule has 0 bridgehead atoms. The van der Waals surface area contributed by atoms with Gasteiger partial charge in [0.05, 0.1) is 17.3 Å². The molecule has 0 spiro atoms. The second-order valence-electron chi connectivity index (χ2n) is 7.49. The number of anilines is 1. The van der Waals surface area contributed by atoms with E-state index in [1.807, 2.05) is 29.2 Å². The van der Waals surface area contributed by atoms with Gasteiger partial charge < -0.3 is 15.1 Å². The molecular formula is C24H26ClN3O. The molecule has 4 rings (SSSR count). The monoisotopic (exact) mass is 407 g/mol. The van der Waals surface area contributed by atoms with Crippen LogP contribution in [0.3, 0.4) is 0 Å². The van der Waals surface area contributed by atoms with E-state index in [2.05, 4.69) is 59.6 Å². The van der Waals surface area contributed by atoms with Gasteiger partial charge in [0.25, 0.3) is 0 Å². The molecule has 1 amide bonds. The predicted molar refractivity (Wildman–Crippen MR) is 121 cm³/mol. The molecule has 1 aliphatic heterocycles. The molecule has 0 unspecified atom stereocenters. The fourth-order valence-electron chi connectivity index (χ4n) is 4.00. The normalized spacial score (nSPS) is 15.5. The Balaban J connectivity index is 1.33. The number of nitrogens with one attached hydrogen (secondary N) is 1. The van der Waals surface area contributed by atoms with E-state index in [-0.39, 0.29) is 11.9 Å². The smallest absolute Gasteiger partial charge is 0.236 e. The third kappa shape index (κ3) is 4.39. The molecule has 0 aliphatic carbocycles. The van der Waals surface area contributed by atoms with Crippen LogP contribution in [0.15, 0.2) is 66.7 Å². The van der Waals surface area contributed by atoms with Crippen molar-refractivity contribution in [1.82, 2.24) is 10.2 Å². The zero-order chi connectivity index (χ0) is 20.2. The lowest BCUT2D eigenvalue weighted by Gasteiger charge is -2.36. The molecule has 0 aromatic heterocycles. The standard InChI is InChI=1S/C24H26ClN3O/c1-18(20-10-6-8-19-7-2-3-9-21(19)20)26-17-24(29)28-15-13-27(14-16-28)23-12-5-4-11-22(23)25/h2-12,18,26H,13-17H2,1H3/t18-/m0/s1. The largest absolute Gasteiger partial charge is 0.367 e. The highest BCUT2D eigenvalue weighted by atomic mass is 35.5. The molecule has 1 fully saturated rings. The van der Waals surface area contributed by atoms with Gasteiger partial charge in [-0.3, -0.25) is 4.79 Å². The SMILES string of the molecule is C[C@H](NCC(=O)N1CCN(c2ccccc2Cl)CC1)c1cccc2ccccc12. The Morgan fingerprint density at radius 2 is 1.66 bits per heavy atom. The average Bonchev–Trinajstić information content (AvgIpc) is 2.77. The van der Waals surface area contributed by atoms with Gasteiger partial charge in [0.1, 0.15) is 0 Å². The molecule has 3 aromatic rings. The highest BCUT2D eigenvalue weighted by Gasteiger charge is 2.22. The third-order valence-electron chi connectivity index (χ3n) is 5.67. The summed E-state index contributed by atoms with van der Waals surface area (Å²) in [4.78, 5) is 16.9. The summed E-state index contributed by atoms with van der Waals surface area (Å²) in [6.45, 7) is 5.49. The highest BCUT2D eigenvalue weighted by Crippen LogP contribution is 2.26. The predicted octanol–water partition coefficient (Wildman–Crippen LogP) is 4.49. The van der Waals surface area contributed by atoms with E-state index in [1.165, 1.54) is 16.3 Å². The number of carbonyl (C=O) groups is 1. The van der Waals surface area contributed by atoms with Crippen molar-refractivity contribution >= 4 is 34.0 Å². The maximum Gasteiger partial charge on any atom is 0.236 e. The minimum atomic E-state index is 0.106. The lowest BCUT2D eigenvalue weighted by molar-refractivity contribution is -0.130. The summed E-state index contributed by atoms with van der Waals surface area (Å²) in [5.41, 5.74) is 2.27. The second kappa shape index (κ2) is 8.85. The molecule has 29 heavy (non-hydrogen) atoms. The lowest BCUT2D eigenvalue weighted by Crippen LogP contribution is -2.51. The molecule has 150 valence electrons.